The van der Waals surface area contributed by atoms with E-state index in [9.17, 15) is 9.59 Å². The number of rotatable bonds is 2. The number of ether oxygens (including phenoxy) is 1. The molecule has 3 fully saturated rings. The Hall–Kier alpha value is -1.10. The number of carbonyl (C=O) groups excluding carboxylic acids is 2. The Balaban J connectivity index is 1.76. The van der Waals surface area contributed by atoms with E-state index in [1.165, 1.54) is 0 Å². The second-order valence-electron chi connectivity index (χ2n) is 7.45. The molecule has 1 N–H and O–H groups in total. The fourth-order valence-corrected chi connectivity index (χ4v) is 3.97. The summed E-state index contributed by atoms with van der Waals surface area (Å²) in [5.41, 5.74) is -0.738. The van der Waals surface area contributed by atoms with E-state index in [0.29, 0.717) is 6.54 Å². The summed E-state index contributed by atoms with van der Waals surface area (Å²) in [4.78, 5) is 26.9. The van der Waals surface area contributed by atoms with Crippen LogP contribution in [0.25, 0.3) is 0 Å². The van der Waals surface area contributed by atoms with Crippen molar-refractivity contribution < 1.29 is 14.3 Å². The number of hydrogen-bond donors (Lipinski definition) is 1. The first kappa shape index (κ1) is 14.8. The van der Waals surface area contributed by atoms with E-state index >= 15 is 0 Å². The summed E-state index contributed by atoms with van der Waals surface area (Å²) in [5.74, 6) is 0.0779. The number of nitrogens with zero attached hydrogens (tertiary/aromatic N) is 1. The normalized spacial score (nSPS) is 34.5. The zero-order chi connectivity index (χ0) is 15.3. The van der Waals surface area contributed by atoms with Gasteiger partial charge < -0.3 is 15.0 Å². The topological polar surface area (TPSA) is 58.6 Å². The van der Waals surface area contributed by atoms with E-state index in [-0.39, 0.29) is 23.5 Å². The molecule has 5 nitrogen and oxygen atoms in total. The van der Waals surface area contributed by atoms with Gasteiger partial charge in [-0.15, -0.1) is 0 Å². The molecule has 21 heavy (non-hydrogen) atoms. The Morgan fingerprint density at radius 3 is 2.48 bits per heavy atom. The molecule has 3 aliphatic rings. The van der Waals surface area contributed by atoms with Gasteiger partial charge in [0.2, 0.25) is 11.8 Å². The van der Waals surface area contributed by atoms with Gasteiger partial charge in [-0.3, -0.25) is 9.59 Å². The quantitative estimate of drug-likeness (QED) is 0.841. The summed E-state index contributed by atoms with van der Waals surface area (Å²) >= 11 is 0. The average Bonchev–Trinajstić information content (AvgIpc) is 3.00. The van der Waals surface area contributed by atoms with Gasteiger partial charge in [0.05, 0.1) is 11.7 Å². The molecular formula is C16H26N2O3. The maximum absolute atomic E-state index is 12.9. The molecule has 1 saturated carbocycles. The number of amides is 2. The Labute approximate surface area is 126 Å². The smallest absolute Gasteiger partial charge is 0.249 e. The molecule has 2 unspecified atom stereocenters. The number of carbonyl (C=O) groups is 2. The molecule has 2 aliphatic heterocycles. The summed E-state index contributed by atoms with van der Waals surface area (Å²) < 4.78 is 6.01. The number of piperazine rings is 1. The minimum absolute atomic E-state index is 0.0197. The van der Waals surface area contributed by atoms with E-state index in [4.69, 9.17) is 4.74 Å². The SMILES string of the molecule is CC1C(=O)NC2(CCCC2)C(=O)N1CC1CCC(C)(C)O1. The average molecular weight is 294 g/mol. The first-order valence-corrected chi connectivity index (χ1v) is 8.14. The van der Waals surface area contributed by atoms with E-state index in [1.54, 1.807) is 4.90 Å². The summed E-state index contributed by atoms with van der Waals surface area (Å²) in [5, 5.41) is 2.99. The lowest BCUT2D eigenvalue weighted by atomic mass is 9.90. The van der Waals surface area contributed by atoms with Gasteiger partial charge in [0.25, 0.3) is 0 Å². The molecule has 2 amide bonds. The van der Waals surface area contributed by atoms with Crippen LogP contribution in [0.3, 0.4) is 0 Å². The molecule has 0 aromatic rings. The van der Waals surface area contributed by atoms with Crippen LogP contribution in [0.5, 0.6) is 0 Å². The first-order chi connectivity index (χ1) is 9.83. The predicted octanol–water partition coefficient (Wildman–Crippen LogP) is 1.60. The fourth-order valence-electron chi connectivity index (χ4n) is 3.97. The van der Waals surface area contributed by atoms with Crippen LogP contribution in [0.2, 0.25) is 0 Å². The highest BCUT2D eigenvalue weighted by Gasteiger charge is 2.51. The van der Waals surface area contributed by atoms with E-state index in [0.717, 1.165) is 38.5 Å². The Morgan fingerprint density at radius 1 is 1.24 bits per heavy atom. The minimum Gasteiger partial charge on any atom is -0.371 e. The molecule has 5 heteroatoms. The number of hydrogen-bond acceptors (Lipinski definition) is 3. The van der Waals surface area contributed by atoms with Crippen molar-refractivity contribution in [3.05, 3.63) is 0 Å². The van der Waals surface area contributed by atoms with Crippen LogP contribution in [0.4, 0.5) is 0 Å². The summed E-state index contributed by atoms with van der Waals surface area (Å²) in [6.07, 6.45) is 5.59. The van der Waals surface area contributed by atoms with Crippen molar-refractivity contribution in [2.45, 2.75) is 82.6 Å². The Bertz CT molecular complexity index is 454. The van der Waals surface area contributed by atoms with Gasteiger partial charge in [-0.2, -0.15) is 0 Å². The maximum Gasteiger partial charge on any atom is 0.249 e. The molecule has 1 aliphatic carbocycles. The van der Waals surface area contributed by atoms with E-state index in [2.05, 4.69) is 19.2 Å². The van der Waals surface area contributed by atoms with E-state index < -0.39 is 11.6 Å². The third-order valence-corrected chi connectivity index (χ3v) is 5.29. The molecular weight excluding hydrogens is 268 g/mol. The third kappa shape index (κ3) is 2.56. The molecule has 0 radical (unpaired) electrons. The third-order valence-electron chi connectivity index (χ3n) is 5.29. The van der Waals surface area contributed by atoms with Crippen molar-refractivity contribution in [3.8, 4) is 0 Å². The van der Waals surface area contributed by atoms with Crippen molar-refractivity contribution >= 4 is 11.8 Å². The minimum atomic E-state index is -0.627. The Kier molecular flexibility index (Phi) is 3.51. The highest BCUT2D eigenvalue weighted by molar-refractivity contribution is 5.99. The summed E-state index contributed by atoms with van der Waals surface area (Å²) in [7, 11) is 0. The Morgan fingerprint density at radius 2 is 1.90 bits per heavy atom. The first-order valence-electron chi connectivity index (χ1n) is 8.14. The molecule has 3 rings (SSSR count). The van der Waals surface area contributed by atoms with E-state index in [1.807, 2.05) is 6.92 Å². The van der Waals surface area contributed by atoms with Crippen LogP contribution in [-0.2, 0) is 14.3 Å². The number of nitrogens with one attached hydrogen (secondary N) is 1. The standard InChI is InChI=1S/C16H26N2O3/c1-11-13(19)17-16(7-4-5-8-16)14(20)18(11)10-12-6-9-15(2,3)21-12/h11-12H,4-10H2,1-3H3,(H,17,19). The van der Waals surface area contributed by atoms with Crippen LogP contribution in [0.1, 0.15) is 59.3 Å². The lowest BCUT2D eigenvalue weighted by Gasteiger charge is -2.44. The van der Waals surface area contributed by atoms with Crippen molar-refractivity contribution in [1.82, 2.24) is 10.2 Å². The molecule has 2 saturated heterocycles. The van der Waals surface area contributed by atoms with Crippen LogP contribution < -0.4 is 5.32 Å². The van der Waals surface area contributed by atoms with Gasteiger partial charge >= 0.3 is 0 Å². The monoisotopic (exact) mass is 294 g/mol. The van der Waals surface area contributed by atoms with Crippen molar-refractivity contribution in [1.29, 1.82) is 0 Å². The molecule has 0 aromatic heterocycles. The van der Waals surface area contributed by atoms with Crippen molar-refractivity contribution in [3.63, 3.8) is 0 Å². The molecule has 2 heterocycles. The predicted molar refractivity (Wildman–Crippen MR) is 78.7 cm³/mol. The fraction of sp³-hybridized carbons (Fsp3) is 0.875. The van der Waals surface area contributed by atoms with Crippen LogP contribution in [-0.4, -0.2) is 46.5 Å². The highest BCUT2D eigenvalue weighted by Crippen LogP contribution is 2.36. The maximum atomic E-state index is 12.9. The van der Waals surface area contributed by atoms with Crippen molar-refractivity contribution in [2.24, 2.45) is 0 Å². The molecule has 1 spiro atoms. The lowest BCUT2D eigenvalue weighted by molar-refractivity contribution is -0.156. The van der Waals surface area contributed by atoms with Crippen LogP contribution in [0, 0.1) is 0 Å². The highest BCUT2D eigenvalue weighted by atomic mass is 16.5. The molecule has 0 bridgehead atoms. The lowest BCUT2D eigenvalue weighted by Crippen LogP contribution is -2.69. The van der Waals surface area contributed by atoms with Gasteiger partial charge in [0, 0.05) is 6.54 Å². The molecule has 118 valence electrons. The van der Waals surface area contributed by atoms with Gasteiger partial charge in [0.1, 0.15) is 11.6 Å². The molecule has 0 aromatic carbocycles. The van der Waals surface area contributed by atoms with Crippen LogP contribution >= 0.6 is 0 Å². The summed E-state index contributed by atoms with van der Waals surface area (Å²) in [6, 6.07) is -0.393. The van der Waals surface area contributed by atoms with Gasteiger partial charge in [0.15, 0.2) is 0 Å². The summed E-state index contributed by atoms with van der Waals surface area (Å²) in [6.45, 7) is 6.52. The van der Waals surface area contributed by atoms with Gasteiger partial charge in [-0.05, 0) is 46.5 Å². The molecule has 2 atom stereocenters. The largest absolute Gasteiger partial charge is 0.371 e. The van der Waals surface area contributed by atoms with Gasteiger partial charge in [-0.1, -0.05) is 12.8 Å². The second-order valence-corrected chi connectivity index (χ2v) is 7.45. The zero-order valence-electron chi connectivity index (χ0n) is 13.3. The van der Waals surface area contributed by atoms with Crippen LogP contribution in [0.15, 0.2) is 0 Å². The van der Waals surface area contributed by atoms with Crippen molar-refractivity contribution in [2.75, 3.05) is 6.54 Å². The second kappa shape index (κ2) is 4.97. The van der Waals surface area contributed by atoms with Gasteiger partial charge in [-0.25, -0.2) is 0 Å². The zero-order valence-corrected chi connectivity index (χ0v) is 13.3.